The first kappa shape index (κ1) is 14.7. The van der Waals surface area contributed by atoms with Gasteiger partial charge in [0.15, 0.2) is 0 Å². The van der Waals surface area contributed by atoms with Crippen LogP contribution in [0, 0.1) is 6.92 Å². The highest BCUT2D eigenvalue weighted by Crippen LogP contribution is 2.32. The Hall–Kier alpha value is -1.68. The molecule has 2 aromatic carbocycles. The van der Waals surface area contributed by atoms with Gasteiger partial charge in [-0.05, 0) is 65.7 Å². The molecule has 3 nitrogen and oxygen atoms in total. The summed E-state index contributed by atoms with van der Waals surface area (Å²) < 4.78 is 6.21. The molecule has 0 saturated heterocycles. The van der Waals surface area contributed by atoms with Crippen LogP contribution in [0.15, 0.2) is 40.9 Å². The summed E-state index contributed by atoms with van der Waals surface area (Å²) in [7, 11) is 1.62. The molecule has 0 aliphatic carbocycles. The van der Waals surface area contributed by atoms with Gasteiger partial charge in [0.25, 0.3) is 0 Å². The second-order valence-corrected chi connectivity index (χ2v) is 5.63. The van der Waals surface area contributed by atoms with E-state index in [0.29, 0.717) is 0 Å². The molecule has 0 amide bonds. The van der Waals surface area contributed by atoms with Crippen LogP contribution in [0.3, 0.4) is 0 Å². The molecule has 106 valence electrons. The maximum absolute atomic E-state index is 9.99. The van der Waals surface area contributed by atoms with Gasteiger partial charge in [-0.25, -0.2) is 0 Å². The van der Waals surface area contributed by atoms with E-state index in [1.54, 1.807) is 19.2 Å². The van der Waals surface area contributed by atoms with Crippen molar-refractivity contribution < 1.29 is 9.84 Å². The van der Waals surface area contributed by atoms with E-state index in [0.717, 1.165) is 21.5 Å². The summed E-state index contributed by atoms with van der Waals surface area (Å²) in [6.45, 7) is 4.05. The minimum absolute atomic E-state index is 0.0379. The SMILES string of the molecule is COc1ccc(O)c(C(C)Nc2ccc(C)cc2Br)c1. The van der Waals surface area contributed by atoms with Crippen molar-refractivity contribution in [3.05, 3.63) is 52.0 Å². The lowest BCUT2D eigenvalue weighted by atomic mass is 10.1. The number of methoxy groups -OCH3 is 1. The number of hydrogen-bond donors (Lipinski definition) is 2. The van der Waals surface area contributed by atoms with Gasteiger partial charge in [0.05, 0.1) is 13.2 Å². The van der Waals surface area contributed by atoms with Crippen molar-refractivity contribution in [2.24, 2.45) is 0 Å². The number of rotatable bonds is 4. The van der Waals surface area contributed by atoms with Gasteiger partial charge in [-0.3, -0.25) is 0 Å². The van der Waals surface area contributed by atoms with Gasteiger partial charge < -0.3 is 15.2 Å². The molecule has 0 bridgehead atoms. The van der Waals surface area contributed by atoms with E-state index in [-0.39, 0.29) is 11.8 Å². The van der Waals surface area contributed by atoms with E-state index < -0.39 is 0 Å². The predicted molar refractivity (Wildman–Crippen MR) is 85.6 cm³/mol. The number of halogens is 1. The third kappa shape index (κ3) is 3.25. The van der Waals surface area contributed by atoms with Crippen molar-refractivity contribution in [3.63, 3.8) is 0 Å². The van der Waals surface area contributed by atoms with Gasteiger partial charge >= 0.3 is 0 Å². The second-order valence-electron chi connectivity index (χ2n) is 4.77. The molecule has 0 aliphatic heterocycles. The average Bonchev–Trinajstić information content (AvgIpc) is 2.42. The highest BCUT2D eigenvalue weighted by molar-refractivity contribution is 9.10. The van der Waals surface area contributed by atoms with Crippen LogP contribution in [-0.4, -0.2) is 12.2 Å². The van der Waals surface area contributed by atoms with Crippen LogP contribution in [0.5, 0.6) is 11.5 Å². The van der Waals surface area contributed by atoms with Crippen molar-refractivity contribution in [2.75, 3.05) is 12.4 Å². The summed E-state index contributed by atoms with van der Waals surface area (Å²) in [4.78, 5) is 0. The molecular weight excluding hydrogens is 318 g/mol. The van der Waals surface area contributed by atoms with Crippen LogP contribution >= 0.6 is 15.9 Å². The normalized spacial score (nSPS) is 12.0. The zero-order chi connectivity index (χ0) is 14.7. The van der Waals surface area contributed by atoms with Gasteiger partial charge in [0, 0.05) is 15.7 Å². The summed E-state index contributed by atoms with van der Waals surface area (Å²) in [6, 6.07) is 11.3. The van der Waals surface area contributed by atoms with Crippen molar-refractivity contribution in [1.82, 2.24) is 0 Å². The molecule has 0 radical (unpaired) electrons. The second kappa shape index (κ2) is 6.18. The first-order valence-corrected chi connectivity index (χ1v) is 7.20. The van der Waals surface area contributed by atoms with Gasteiger partial charge in [-0.15, -0.1) is 0 Å². The predicted octanol–water partition coefficient (Wildman–Crippen LogP) is 4.64. The fourth-order valence-corrected chi connectivity index (χ4v) is 2.66. The Balaban J connectivity index is 2.25. The summed E-state index contributed by atoms with van der Waals surface area (Å²) in [5.41, 5.74) is 2.99. The molecule has 20 heavy (non-hydrogen) atoms. The zero-order valence-electron chi connectivity index (χ0n) is 11.8. The summed E-state index contributed by atoms with van der Waals surface area (Å²) in [5.74, 6) is 0.989. The number of aromatic hydroxyl groups is 1. The van der Waals surface area contributed by atoms with Gasteiger partial charge in [-0.1, -0.05) is 6.07 Å². The standard InChI is InChI=1S/C16H18BrNO2/c1-10-4-6-15(14(17)8-10)18-11(2)13-9-12(20-3)5-7-16(13)19/h4-9,11,18-19H,1-3H3. The van der Waals surface area contributed by atoms with Crippen LogP contribution in [-0.2, 0) is 0 Å². The van der Waals surface area contributed by atoms with E-state index in [9.17, 15) is 5.11 Å². The minimum Gasteiger partial charge on any atom is -0.508 e. The smallest absolute Gasteiger partial charge is 0.121 e. The van der Waals surface area contributed by atoms with Gasteiger partial charge in [0.2, 0.25) is 0 Å². The summed E-state index contributed by atoms with van der Waals surface area (Å²) in [6.07, 6.45) is 0. The molecule has 2 N–H and O–H groups in total. The lowest BCUT2D eigenvalue weighted by Gasteiger charge is -2.19. The molecule has 0 aliphatic rings. The molecule has 1 unspecified atom stereocenters. The Labute approximate surface area is 127 Å². The molecule has 0 aromatic heterocycles. The molecule has 4 heteroatoms. The minimum atomic E-state index is -0.0379. The third-order valence-corrected chi connectivity index (χ3v) is 3.85. The highest BCUT2D eigenvalue weighted by Gasteiger charge is 2.12. The number of phenols is 1. The lowest BCUT2D eigenvalue weighted by molar-refractivity contribution is 0.410. The average molecular weight is 336 g/mol. The van der Waals surface area contributed by atoms with Crippen molar-refractivity contribution in [3.8, 4) is 11.5 Å². The molecule has 0 spiro atoms. The summed E-state index contributed by atoms with van der Waals surface area (Å²) in [5, 5.41) is 13.4. The Kier molecular flexibility index (Phi) is 4.55. The fourth-order valence-electron chi connectivity index (χ4n) is 2.05. The molecule has 2 rings (SSSR count). The van der Waals surface area contributed by atoms with Gasteiger partial charge in [-0.2, -0.15) is 0 Å². The molecule has 2 aromatic rings. The van der Waals surface area contributed by atoms with E-state index in [1.165, 1.54) is 5.56 Å². The largest absolute Gasteiger partial charge is 0.508 e. The molecule has 0 saturated carbocycles. The van der Waals surface area contributed by atoms with E-state index in [2.05, 4.69) is 27.3 Å². The van der Waals surface area contributed by atoms with Crippen LogP contribution in [0.25, 0.3) is 0 Å². The van der Waals surface area contributed by atoms with Crippen molar-refractivity contribution in [2.45, 2.75) is 19.9 Å². The van der Waals surface area contributed by atoms with Crippen molar-refractivity contribution >= 4 is 21.6 Å². The van der Waals surface area contributed by atoms with E-state index in [4.69, 9.17) is 4.74 Å². The molecule has 1 atom stereocenters. The Morgan fingerprint density at radius 2 is 1.95 bits per heavy atom. The maximum atomic E-state index is 9.99. The maximum Gasteiger partial charge on any atom is 0.121 e. The van der Waals surface area contributed by atoms with Crippen LogP contribution in [0.1, 0.15) is 24.1 Å². The number of aryl methyl sites for hydroxylation is 1. The Morgan fingerprint density at radius 3 is 2.60 bits per heavy atom. The van der Waals surface area contributed by atoms with Crippen LogP contribution < -0.4 is 10.1 Å². The number of phenolic OH excluding ortho intramolecular Hbond substituents is 1. The van der Waals surface area contributed by atoms with Crippen molar-refractivity contribution in [1.29, 1.82) is 0 Å². The highest BCUT2D eigenvalue weighted by atomic mass is 79.9. The lowest BCUT2D eigenvalue weighted by Crippen LogP contribution is -2.07. The third-order valence-electron chi connectivity index (χ3n) is 3.20. The summed E-state index contributed by atoms with van der Waals surface area (Å²) >= 11 is 3.55. The number of anilines is 1. The van der Waals surface area contributed by atoms with E-state index in [1.807, 2.05) is 32.0 Å². The zero-order valence-corrected chi connectivity index (χ0v) is 13.4. The van der Waals surface area contributed by atoms with Crippen LogP contribution in [0.4, 0.5) is 5.69 Å². The van der Waals surface area contributed by atoms with Gasteiger partial charge in [0.1, 0.15) is 11.5 Å². The Bertz CT molecular complexity index is 613. The fraction of sp³-hybridized carbons (Fsp3) is 0.250. The number of benzene rings is 2. The first-order chi connectivity index (χ1) is 9.51. The topological polar surface area (TPSA) is 41.5 Å². The van der Waals surface area contributed by atoms with Crippen LogP contribution in [0.2, 0.25) is 0 Å². The molecular formula is C16H18BrNO2. The Morgan fingerprint density at radius 1 is 1.20 bits per heavy atom. The number of ether oxygens (including phenoxy) is 1. The van der Waals surface area contributed by atoms with E-state index >= 15 is 0 Å². The quantitative estimate of drug-likeness (QED) is 0.854. The molecule has 0 fully saturated rings. The number of nitrogens with one attached hydrogen (secondary N) is 1. The number of hydrogen-bond acceptors (Lipinski definition) is 3. The first-order valence-electron chi connectivity index (χ1n) is 6.41. The molecule has 0 heterocycles. The monoisotopic (exact) mass is 335 g/mol.